The van der Waals surface area contributed by atoms with E-state index in [0.29, 0.717) is 18.8 Å². The topological polar surface area (TPSA) is 55.3 Å². The highest BCUT2D eigenvalue weighted by Crippen LogP contribution is 2.15. The van der Waals surface area contributed by atoms with Crippen LogP contribution in [-0.2, 0) is 13.0 Å². The highest BCUT2D eigenvalue weighted by Gasteiger charge is 2.18. The van der Waals surface area contributed by atoms with Gasteiger partial charge in [-0.25, -0.2) is 4.98 Å². The van der Waals surface area contributed by atoms with Gasteiger partial charge in [0, 0.05) is 30.9 Å². The van der Waals surface area contributed by atoms with Crippen LogP contribution in [0.4, 0.5) is 0 Å². The number of rotatable bonds is 7. The molecular weight excluding hydrogens is 346 g/mol. The summed E-state index contributed by atoms with van der Waals surface area (Å²) in [6.07, 6.45) is 4.29. The fourth-order valence-electron chi connectivity index (χ4n) is 2.64. The first-order valence-corrected chi connectivity index (χ1v) is 9.27. The lowest BCUT2D eigenvalue weighted by molar-refractivity contribution is 0.0739. The lowest BCUT2D eigenvalue weighted by Gasteiger charge is -2.22. The van der Waals surface area contributed by atoms with Crippen molar-refractivity contribution in [2.24, 2.45) is 0 Å². The zero-order valence-electron chi connectivity index (χ0n) is 14.9. The van der Waals surface area contributed by atoms with Crippen LogP contribution < -0.4 is 4.74 Å². The molecule has 2 aromatic heterocycles. The maximum atomic E-state index is 12.9. The van der Waals surface area contributed by atoms with Gasteiger partial charge in [-0.2, -0.15) is 0 Å². The van der Waals surface area contributed by atoms with E-state index in [4.69, 9.17) is 4.74 Å². The molecule has 26 heavy (non-hydrogen) atoms. The Hall–Kier alpha value is -2.73. The van der Waals surface area contributed by atoms with Crippen LogP contribution in [0.5, 0.6) is 5.75 Å². The number of hydrogen-bond donors (Lipinski definition) is 0. The van der Waals surface area contributed by atoms with E-state index >= 15 is 0 Å². The van der Waals surface area contributed by atoms with Crippen molar-refractivity contribution >= 4 is 17.2 Å². The number of methoxy groups -OCH3 is 1. The standard InChI is InChI=1S/C20H21N3O2S/c1-15-22-19(14-26-15)20(24)23(13-17-4-3-10-21-12-17)11-9-16-5-7-18(25-2)8-6-16/h3-8,10,12,14H,9,11,13H2,1-2H3. The van der Waals surface area contributed by atoms with Crippen LogP contribution in [-0.4, -0.2) is 34.4 Å². The molecule has 0 spiro atoms. The average molecular weight is 367 g/mol. The first-order valence-electron chi connectivity index (χ1n) is 8.39. The Bertz CT molecular complexity index is 847. The maximum Gasteiger partial charge on any atom is 0.273 e. The smallest absolute Gasteiger partial charge is 0.273 e. The fraction of sp³-hybridized carbons (Fsp3) is 0.250. The highest BCUT2D eigenvalue weighted by atomic mass is 32.1. The molecule has 0 saturated heterocycles. The predicted octanol–water partition coefficient (Wildman–Crippen LogP) is 3.74. The van der Waals surface area contributed by atoms with Gasteiger partial charge in [-0.1, -0.05) is 18.2 Å². The van der Waals surface area contributed by atoms with Crippen molar-refractivity contribution in [2.75, 3.05) is 13.7 Å². The lowest BCUT2D eigenvalue weighted by atomic mass is 10.1. The number of aromatic nitrogens is 2. The summed E-state index contributed by atoms with van der Waals surface area (Å²) in [7, 11) is 1.65. The van der Waals surface area contributed by atoms with Crippen LogP contribution in [0.15, 0.2) is 54.2 Å². The van der Waals surface area contributed by atoms with Crippen molar-refractivity contribution in [3.8, 4) is 5.75 Å². The first kappa shape index (κ1) is 18.1. The number of aryl methyl sites for hydroxylation is 1. The SMILES string of the molecule is COc1ccc(CCN(Cc2cccnc2)C(=O)c2csc(C)n2)cc1. The largest absolute Gasteiger partial charge is 0.497 e. The van der Waals surface area contributed by atoms with Crippen LogP contribution in [0, 0.1) is 6.92 Å². The third-order valence-corrected chi connectivity index (χ3v) is 4.82. The summed E-state index contributed by atoms with van der Waals surface area (Å²) in [5, 5.41) is 2.71. The van der Waals surface area contributed by atoms with E-state index in [-0.39, 0.29) is 5.91 Å². The quantitative estimate of drug-likeness (QED) is 0.638. The van der Waals surface area contributed by atoms with Gasteiger partial charge in [-0.05, 0) is 42.7 Å². The molecule has 0 aliphatic carbocycles. The average Bonchev–Trinajstić information content (AvgIpc) is 3.12. The molecule has 0 radical (unpaired) electrons. The molecule has 134 valence electrons. The normalized spacial score (nSPS) is 10.5. The minimum atomic E-state index is -0.0493. The number of thiazole rings is 1. The number of carbonyl (C=O) groups excluding carboxylic acids is 1. The summed E-state index contributed by atoms with van der Waals surface area (Å²) in [6, 6.07) is 11.8. The molecule has 2 heterocycles. The first-order chi connectivity index (χ1) is 12.7. The van der Waals surface area contributed by atoms with Gasteiger partial charge in [0.05, 0.1) is 12.1 Å². The zero-order chi connectivity index (χ0) is 18.4. The lowest BCUT2D eigenvalue weighted by Crippen LogP contribution is -2.32. The van der Waals surface area contributed by atoms with Crippen molar-refractivity contribution < 1.29 is 9.53 Å². The second-order valence-electron chi connectivity index (χ2n) is 5.94. The van der Waals surface area contributed by atoms with Crippen molar-refractivity contribution in [1.82, 2.24) is 14.9 Å². The summed E-state index contributed by atoms with van der Waals surface area (Å²) in [5.41, 5.74) is 2.66. The molecule has 5 nitrogen and oxygen atoms in total. The van der Waals surface area contributed by atoms with E-state index in [1.807, 2.05) is 53.6 Å². The highest BCUT2D eigenvalue weighted by molar-refractivity contribution is 7.09. The zero-order valence-corrected chi connectivity index (χ0v) is 15.7. The van der Waals surface area contributed by atoms with Gasteiger partial charge in [0.15, 0.2) is 0 Å². The van der Waals surface area contributed by atoms with E-state index in [9.17, 15) is 4.79 Å². The van der Waals surface area contributed by atoms with Gasteiger partial charge in [0.25, 0.3) is 5.91 Å². The fourth-order valence-corrected chi connectivity index (χ4v) is 3.23. The summed E-state index contributed by atoms with van der Waals surface area (Å²) < 4.78 is 5.19. The van der Waals surface area contributed by atoms with Crippen molar-refractivity contribution in [1.29, 1.82) is 0 Å². The van der Waals surface area contributed by atoms with Crippen LogP contribution in [0.3, 0.4) is 0 Å². The monoisotopic (exact) mass is 367 g/mol. The molecule has 0 N–H and O–H groups in total. The molecule has 0 unspecified atom stereocenters. The molecule has 6 heteroatoms. The van der Waals surface area contributed by atoms with Crippen molar-refractivity contribution in [2.45, 2.75) is 19.9 Å². The van der Waals surface area contributed by atoms with Crippen LogP contribution in [0.2, 0.25) is 0 Å². The molecule has 0 fully saturated rings. The maximum absolute atomic E-state index is 12.9. The minimum absolute atomic E-state index is 0.0493. The van der Waals surface area contributed by atoms with Crippen LogP contribution >= 0.6 is 11.3 Å². The molecule has 1 aromatic carbocycles. The predicted molar refractivity (Wildman–Crippen MR) is 103 cm³/mol. The number of pyridine rings is 1. The second-order valence-corrected chi connectivity index (χ2v) is 7.00. The van der Waals surface area contributed by atoms with E-state index in [1.165, 1.54) is 11.3 Å². The number of benzene rings is 1. The third kappa shape index (κ3) is 4.67. The molecular formula is C20H21N3O2S. The second kappa shape index (κ2) is 8.58. The molecule has 0 aliphatic rings. The molecule has 0 saturated carbocycles. The number of nitrogens with zero attached hydrogens (tertiary/aromatic N) is 3. The van der Waals surface area contributed by atoms with Crippen LogP contribution in [0.25, 0.3) is 0 Å². The Kier molecular flexibility index (Phi) is 5.96. The summed E-state index contributed by atoms with van der Waals surface area (Å²) >= 11 is 1.49. The Balaban J connectivity index is 1.74. The van der Waals surface area contributed by atoms with E-state index < -0.39 is 0 Å². The molecule has 0 atom stereocenters. The Labute approximate surface area is 157 Å². The van der Waals surface area contributed by atoms with Gasteiger partial charge < -0.3 is 9.64 Å². The summed E-state index contributed by atoms with van der Waals surface area (Å²) in [4.78, 5) is 23.2. The number of carbonyl (C=O) groups is 1. The molecule has 0 bridgehead atoms. The third-order valence-electron chi connectivity index (χ3n) is 4.05. The van der Waals surface area contributed by atoms with Crippen LogP contribution in [0.1, 0.15) is 26.6 Å². The van der Waals surface area contributed by atoms with Gasteiger partial charge in [0.2, 0.25) is 0 Å². The number of hydrogen-bond acceptors (Lipinski definition) is 5. The van der Waals surface area contributed by atoms with Gasteiger partial charge in [-0.3, -0.25) is 9.78 Å². The Morgan fingerprint density at radius 1 is 1.19 bits per heavy atom. The van der Waals surface area contributed by atoms with E-state index in [2.05, 4.69) is 9.97 Å². The molecule has 3 rings (SSSR count). The molecule has 0 aliphatic heterocycles. The molecule has 3 aromatic rings. The molecule has 1 amide bonds. The summed E-state index contributed by atoms with van der Waals surface area (Å²) in [6.45, 7) is 3.03. The van der Waals surface area contributed by atoms with E-state index in [1.54, 1.807) is 19.5 Å². The number of amides is 1. The Morgan fingerprint density at radius 3 is 2.62 bits per heavy atom. The van der Waals surface area contributed by atoms with E-state index in [0.717, 1.165) is 28.3 Å². The minimum Gasteiger partial charge on any atom is -0.497 e. The van der Waals surface area contributed by atoms with Gasteiger partial charge in [-0.15, -0.1) is 11.3 Å². The summed E-state index contributed by atoms with van der Waals surface area (Å²) in [5.74, 6) is 0.779. The van der Waals surface area contributed by atoms with Gasteiger partial charge >= 0.3 is 0 Å². The number of ether oxygens (including phenoxy) is 1. The van der Waals surface area contributed by atoms with Gasteiger partial charge in [0.1, 0.15) is 11.4 Å². The van der Waals surface area contributed by atoms with Crippen molar-refractivity contribution in [3.63, 3.8) is 0 Å². The Morgan fingerprint density at radius 2 is 2.00 bits per heavy atom. The van der Waals surface area contributed by atoms with Crippen molar-refractivity contribution in [3.05, 3.63) is 76.0 Å².